The lowest BCUT2D eigenvalue weighted by molar-refractivity contribution is 0.0271. The van der Waals surface area contributed by atoms with Crippen LogP contribution in [0.1, 0.15) is 63.7 Å². The lowest BCUT2D eigenvalue weighted by Gasteiger charge is -2.38. The zero-order chi connectivity index (χ0) is 24.1. The Morgan fingerprint density at radius 1 is 1.27 bits per heavy atom. The molecule has 0 saturated carbocycles. The molecule has 3 heterocycles. The SMILES string of the molecule is CCOC(=O)c1sc(N2CC[C@H](NC(=O)c3nc(Cl)c(CC)[nH]3)[C@H](OCC)C2)nc1C(=O)O. The first-order valence-corrected chi connectivity index (χ1v) is 11.8. The minimum atomic E-state index is -1.30. The molecule has 1 aliphatic heterocycles. The number of aromatic carboxylic acids is 1. The van der Waals surface area contributed by atoms with E-state index < -0.39 is 11.9 Å². The van der Waals surface area contributed by atoms with Crippen LogP contribution in [0.2, 0.25) is 5.15 Å². The van der Waals surface area contributed by atoms with E-state index in [9.17, 15) is 19.5 Å². The Bertz CT molecular complexity index is 1020. The number of piperidine rings is 1. The number of carbonyl (C=O) groups is 3. The summed E-state index contributed by atoms with van der Waals surface area (Å²) in [5, 5.41) is 13.1. The number of hydrogen-bond acceptors (Lipinski definition) is 9. The Kier molecular flexibility index (Phi) is 8.27. The third kappa shape index (κ3) is 5.63. The maximum atomic E-state index is 12.7. The number of carboxylic acids is 1. The van der Waals surface area contributed by atoms with Crippen LogP contribution in [-0.2, 0) is 15.9 Å². The van der Waals surface area contributed by atoms with E-state index in [4.69, 9.17) is 21.1 Å². The number of amides is 1. The monoisotopic (exact) mass is 499 g/mol. The normalized spacial score (nSPS) is 18.2. The molecule has 1 aliphatic rings. The van der Waals surface area contributed by atoms with E-state index >= 15 is 0 Å². The molecular weight excluding hydrogens is 474 g/mol. The molecule has 0 bridgehead atoms. The van der Waals surface area contributed by atoms with Gasteiger partial charge in [0.05, 0.1) is 24.4 Å². The number of nitrogens with one attached hydrogen (secondary N) is 2. The number of thiazole rings is 1. The van der Waals surface area contributed by atoms with Gasteiger partial charge in [-0.25, -0.2) is 19.6 Å². The van der Waals surface area contributed by atoms with Crippen LogP contribution in [-0.4, -0.2) is 76.4 Å². The predicted octanol–water partition coefficient (Wildman–Crippen LogP) is 2.37. The van der Waals surface area contributed by atoms with Gasteiger partial charge in [0.25, 0.3) is 5.91 Å². The van der Waals surface area contributed by atoms with Gasteiger partial charge in [-0.05, 0) is 26.7 Å². The van der Waals surface area contributed by atoms with Crippen molar-refractivity contribution in [1.82, 2.24) is 20.3 Å². The van der Waals surface area contributed by atoms with Crippen molar-refractivity contribution in [2.75, 3.05) is 31.2 Å². The lowest BCUT2D eigenvalue weighted by atomic mass is 10.0. The fraction of sp³-hybridized carbons (Fsp3) is 0.550. The summed E-state index contributed by atoms with van der Waals surface area (Å²) >= 11 is 7.01. The third-order valence-electron chi connectivity index (χ3n) is 5.10. The van der Waals surface area contributed by atoms with Crippen molar-refractivity contribution < 1.29 is 29.0 Å². The molecule has 1 amide bonds. The number of aromatic nitrogens is 3. The van der Waals surface area contributed by atoms with E-state index in [1.807, 2.05) is 18.7 Å². The number of aryl methyl sites for hydroxylation is 1. The van der Waals surface area contributed by atoms with E-state index in [1.165, 1.54) is 0 Å². The largest absolute Gasteiger partial charge is 0.476 e. The number of esters is 1. The van der Waals surface area contributed by atoms with E-state index in [0.717, 1.165) is 11.3 Å². The number of anilines is 1. The fourth-order valence-electron chi connectivity index (χ4n) is 3.53. The highest BCUT2D eigenvalue weighted by atomic mass is 35.5. The number of carboxylic acid groups (broad SMARTS) is 1. The number of imidazole rings is 1. The summed E-state index contributed by atoms with van der Waals surface area (Å²) in [6.07, 6.45) is 0.758. The highest BCUT2D eigenvalue weighted by Crippen LogP contribution is 2.30. The molecular formula is C20H26ClN5O6S. The Balaban J connectivity index is 1.75. The van der Waals surface area contributed by atoms with E-state index in [-0.39, 0.29) is 46.2 Å². The number of hydrogen-bond donors (Lipinski definition) is 3. The molecule has 0 unspecified atom stereocenters. The van der Waals surface area contributed by atoms with Crippen LogP contribution >= 0.6 is 22.9 Å². The van der Waals surface area contributed by atoms with Crippen molar-refractivity contribution in [1.29, 1.82) is 0 Å². The molecule has 11 nitrogen and oxygen atoms in total. The van der Waals surface area contributed by atoms with Crippen molar-refractivity contribution >= 4 is 45.9 Å². The highest BCUT2D eigenvalue weighted by Gasteiger charge is 2.34. The van der Waals surface area contributed by atoms with E-state index in [0.29, 0.717) is 43.4 Å². The second kappa shape index (κ2) is 10.9. The third-order valence-corrected chi connectivity index (χ3v) is 6.51. The van der Waals surface area contributed by atoms with Crippen LogP contribution in [0, 0.1) is 0 Å². The van der Waals surface area contributed by atoms with Gasteiger partial charge in [0.1, 0.15) is 4.88 Å². The van der Waals surface area contributed by atoms with Gasteiger partial charge in [-0.3, -0.25) is 4.79 Å². The lowest BCUT2D eigenvalue weighted by Crippen LogP contribution is -2.55. The zero-order valence-corrected chi connectivity index (χ0v) is 20.1. The summed E-state index contributed by atoms with van der Waals surface area (Å²) in [5.74, 6) is -2.26. The zero-order valence-electron chi connectivity index (χ0n) is 18.5. The molecule has 0 aromatic carbocycles. The number of carbonyl (C=O) groups excluding carboxylic acids is 2. The molecule has 2 atom stereocenters. The smallest absolute Gasteiger partial charge is 0.356 e. The Labute approximate surface area is 199 Å². The molecule has 3 rings (SSSR count). The minimum absolute atomic E-state index is 0.0517. The van der Waals surface area contributed by atoms with Crippen LogP contribution in [0.25, 0.3) is 0 Å². The molecule has 180 valence electrons. The molecule has 2 aromatic heterocycles. The average molecular weight is 500 g/mol. The van der Waals surface area contributed by atoms with E-state index in [2.05, 4.69) is 20.3 Å². The summed E-state index contributed by atoms with van der Waals surface area (Å²) in [5.41, 5.74) is 0.353. The van der Waals surface area contributed by atoms with Gasteiger partial charge >= 0.3 is 11.9 Å². The van der Waals surface area contributed by atoms with Gasteiger partial charge < -0.3 is 29.8 Å². The van der Waals surface area contributed by atoms with Crippen molar-refractivity contribution in [3.63, 3.8) is 0 Å². The Hall–Kier alpha value is -2.70. The molecule has 13 heteroatoms. The van der Waals surface area contributed by atoms with Crippen LogP contribution in [0.5, 0.6) is 0 Å². The molecule has 0 spiro atoms. The number of aromatic amines is 1. The number of rotatable bonds is 9. The van der Waals surface area contributed by atoms with Gasteiger partial charge in [-0.1, -0.05) is 29.9 Å². The first-order valence-electron chi connectivity index (χ1n) is 10.6. The topological polar surface area (TPSA) is 147 Å². The van der Waals surface area contributed by atoms with Crippen LogP contribution in [0.15, 0.2) is 0 Å². The molecule has 1 saturated heterocycles. The summed E-state index contributed by atoms with van der Waals surface area (Å²) in [6.45, 7) is 6.78. The van der Waals surface area contributed by atoms with Gasteiger partial charge in [0.2, 0.25) is 0 Å². The first-order chi connectivity index (χ1) is 15.8. The Morgan fingerprint density at radius 2 is 2.03 bits per heavy atom. The van der Waals surface area contributed by atoms with E-state index in [1.54, 1.807) is 6.92 Å². The van der Waals surface area contributed by atoms with Gasteiger partial charge in [0, 0.05) is 19.7 Å². The molecule has 2 aromatic rings. The minimum Gasteiger partial charge on any atom is -0.476 e. The van der Waals surface area contributed by atoms with Gasteiger partial charge in [-0.15, -0.1) is 0 Å². The van der Waals surface area contributed by atoms with Crippen LogP contribution < -0.4 is 10.2 Å². The molecule has 0 aliphatic carbocycles. The fourth-order valence-corrected chi connectivity index (χ4v) is 4.78. The van der Waals surface area contributed by atoms with Gasteiger partial charge in [-0.2, -0.15) is 0 Å². The first kappa shape index (κ1) is 24.9. The van der Waals surface area contributed by atoms with Crippen molar-refractivity contribution in [2.24, 2.45) is 0 Å². The summed E-state index contributed by atoms with van der Waals surface area (Å²) in [6, 6.07) is -0.300. The quantitative estimate of drug-likeness (QED) is 0.442. The van der Waals surface area contributed by atoms with Crippen LogP contribution in [0.3, 0.4) is 0 Å². The second-order valence-electron chi connectivity index (χ2n) is 7.22. The summed E-state index contributed by atoms with van der Waals surface area (Å²) in [4.78, 5) is 49.4. The molecule has 0 radical (unpaired) electrons. The predicted molar refractivity (Wildman–Crippen MR) is 122 cm³/mol. The Morgan fingerprint density at radius 3 is 2.64 bits per heavy atom. The summed E-state index contributed by atoms with van der Waals surface area (Å²) in [7, 11) is 0. The average Bonchev–Trinajstić information content (AvgIpc) is 3.39. The molecule has 33 heavy (non-hydrogen) atoms. The van der Waals surface area contributed by atoms with Crippen LogP contribution in [0.4, 0.5) is 5.13 Å². The standard InChI is InChI=1S/C20H26ClN5O6S/c1-4-10-15(21)25-16(22-10)17(27)23-11-7-8-26(9-12(11)31-5-2)20-24-13(18(28)29)14(33-20)19(30)32-6-3/h11-12H,4-9H2,1-3H3,(H,22,25)(H,23,27)(H,28,29)/t11-,12+/m0/s1. The number of ether oxygens (including phenoxy) is 2. The molecule has 1 fully saturated rings. The van der Waals surface area contributed by atoms with Crippen molar-refractivity contribution in [2.45, 2.75) is 45.8 Å². The highest BCUT2D eigenvalue weighted by molar-refractivity contribution is 7.17. The number of nitrogens with zero attached hydrogens (tertiary/aromatic N) is 3. The van der Waals surface area contributed by atoms with Crippen molar-refractivity contribution in [3.05, 3.63) is 27.2 Å². The summed E-state index contributed by atoms with van der Waals surface area (Å²) < 4.78 is 10.8. The maximum absolute atomic E-state index is 12.7. The van der Waals surface area contributed by atoms with Crippen molar-refractivity contribution in [3.8, 4) is 0 Å². The number of halogens is 1. The maximum Gasteiger partial charge on any atom is 0.356 e. The number of H-pyrrole nitrogens is 1. The molecule has 3 N–H and O–H groups in total. The second-order valence-corrected chi connectivity index (χ2v) is 8.55. The van der Waals surface area contributed by atoms with Gasteiger partial charge in [0.15, 0.2) is 21.8 Å².